The Morgan fingerprint density at radius 1 is 1.29 bits per heavy atom. The van der Waals surface area contributed by atoms with E-state index in [2.05, 4.69) is 17.1 Å². The minimum atomic E-state index is 0.563. The zero-order chi connectivity index (χ0) is 9.86. The van der Waals surface area contributed by atoms with Gasteiger partial charge in [-0.15, -0.1) is 0 Å². The van der Waals surface area contributed by atoms with E-state index >= 15 is 0 Å². The van der Waals surface area contributed by atoms with Gasteiger partial charge in [0.2, 0.25) is 0 Å². The second kappa shape index (κ2) is 4.63. The Labute approximate surface area is 88.1 Å². The molecular weight excluding hydrogens is 172 g/mol. The van der Waals surface area contributed by atoms with Crippen molar-refractivity contribution in [1.82, 2.24) is 10.2 Å². The van der Waals surface area contributed by atoms with E-state index in [1.54, 1.807) is 0 Å². The molecule has 1 atom stereocenters. The van der Waals surface area contributed by atoms with E-state index in [-0.39, 0.29) is 0 Å². The molecule has 2 aliphatic rings. The molecule has 2 fully saturated rings. The van der Waals surface area contributed by atoms with Crippen LogP contribution >= 0.6 is 0 Å². The summed E-state index contributed by atoms with van der Waals surface area (Å²) >= 11 is 0. The van der Waals surface area contributed by atoms with Gasteiger partial charge >= 0.3 is 0 Å². The van der Waals surface area contributed by atoms with Gasteiger partial charge in [0, 0.05) is 25.2 Å². The average molecular weight is 196 g/mol. The van der Waals surface area contributed by atoms with Crippen LogP contribution in [0.4, 0.5) is 0 Å². The van der Waals surface area contributed by atoms with Crippen molar-refractivity contribution in [2.45, 2.75) is 51.0 Å². The van der Waals surface area contributed by atoms with Crippen molar-refractivity contribution < 1.29 is 0 Å². The van der Waals surface area contributed by atoms with Gasteiger partial charge in [0.05, 0.1) is 0 Å². The molecule has 2 aliphatic heterocycles. The molecule has 0 bridgehead atoms. The molecule has 1 unspecified atom stereocenters. The van der Waals surface area contributed by atoms with E-state index in [1.807, 2.05) is 0 Å². The minimum Gasteiger partial charge on any atom is -0.314 e. The summed E-state index contributed by atoms with van der Waals surface area (Å²) in [4.78, 5) is 2.75. The number of nitrogens with one attached hydrogen (secondary N) is 1. The van der Waals surface area contributed by atoms with Crippen molar-refractivity contribution in [3.05, 3.63) is 0 Å². The molecule has 1 N–H and O–H groups in total. The third-order valence-corrected chi connectivity index (χ3v) is 4.00. The van der Waals surface area contributed by atoms with Crippen LogP contribution in [0.2, 0.25) is 0 Å². The van der Waals surface area contributed by atoms with Crippen LogP contribution < -0.4 is 5.32 Å². The lowest BCUT2D eigenvalue weighted by Gasteiger charge is -2.43. The number of fused-ring (bicyclic) bond motifs is 1. The predicted molar refractivity (Wildman–Crippen MR) is 60.5 cm³/mol. The van der Waals surface area contributed by atoms with Crippen LogP contribution in [0.25, 0.3) is 0 Å². The highest BCUT2D eigenvalue weighted by molar-refractivity contribution is 4.99. The quantitative estimate of drug-likeness (QED) is 0.692. The monoisotopic (exact) mass is 196 g/mol. The van der Waals surface area contributed by atoms with E-state index in [4.69, 9.17) is 0 Å². The zero-order valence-corrected chi connectivity index (χ0v) is 9.52. The molecule has 0 saturated carbocycles. The van der Waals surface area contributed by atoms with Gasteiger partial charge < -0.3 is 5.32 Å². The van der Waals surface area contributed by atoms with Crippen LogP contribution in [-0.4, -0.2) is 36.6 Å². The highest BCUT2D eigenvalue weighted by atomic mass is 15.3. The van der Waals surface area contributed by atoms with Gasteiger partial charge in [0.25, 0.3) is 0 Å². The number of hydrogen-bond acceptors (Lipinski definition) is 2. The minimum absolute atomic E-state index is 0.563. The second-order valence-corrected chi connectivity index (χ2v) is 4.95. The third-order valence-electron chi connectivity index (χ3n) is 4.00. The third kappa shape index (κ3) is 1.96. The van der Waals surface area contributed by atoms with E-state index in [0.717, 1.165) is 0 Å². The van der Waals surface area contributed by atoms with E-state index in [1.165, 1.54) is 64.7 Å². The first kappa shape index (κ1) is 10.4. The first-order valence-electron chi connectivity index (χ1n) is 6.33. The molecule has 0 aromatic rings. The molecule has 0 radical (unpaired) electrons. The van der Waals surface area contributed by atoms with Crippen LogP contribution in [0.3, 0.4) is 0 Å². The number of hydrogen-bond donors (Lipinski definition) is 1. The van der Waals surface area contributed by atoms with Gasteiger partial charge in [0.1, 0.15) is 0 Å². The first-order valence-corrected chi connectivity index (χ1v) is 6.33. The van der Waals surface area contributed by atoms with Crippen molar-refractivity contribution in [3.8, 4) is 0 Å². The fourth-order valence-electron chi connectivity index (χ4n) is 3.15. The lowest BCUT2D eigenvalue weighted by molar-refractivity contribution is 0.0932. The highest BCUT2D eigenvalue weighted by Crippen LogP contribution is 2.34. The van der Waals surface area contributed by atoms with E-state index in [9.17, 15) is 0 Å². The summed E-state index contributed by atoms with van der Waals surface area (Å²) in [7, 11) is 0. The lowest BCUT2D eigenvalue weighted by Crippen LogP contribution is -2.57. The Balaban J connectivity index is 1.89. The summed E-state index contributed by atoms with van der Waals surface area (Å²) in [5, 5.41) is 3.58. The lowest BCUT2D eigenvalue weighted by atomic mass is 9.88. The van der Waals surface area contributed by atoms with Crippen molar-refractivity contribution in [2.75, 3.05) is 26.2 Å². The van der Waals surface area contributed by atoms with Crippen LogP contribution in [0, 0.1) is 0 Å². The van der Waals surface area contributed by atoms with Gasteiger partial charge in [-0.1, -0.05) is 26.2 Å². The van der Waals surface area contributed by atoms with Gasteiger partial charge in [0.15, 0.2) is 0 Å². The summed E-state index contributed by atoms with van der Waals surface area (Å²) in [5.74, 6) is 0. The summed E-state index contributed by atoms with van der Waals surface area (Å²) in [5.41, 5.74) is 0.563. The van der Waals surface area contributed by atoms with Gasteiger partial charge in [-0.05, 0) is 25.8 Å². The largest absolute Gasteiger partial charge is 0.314 e. The van der Waals surface area contributed by atoms with Crippen LogP contribution in [0.15, 0.2) is 0 Å². The molecule has 0 amide bonds. The van der Waals surface area contributed by atoms with Crippen molar-refractivity contribution in [3.63, 3.8) is 0 Å². The summed E-state index contributed by atoms with van der Waals surface area (Å²) in [6.45, 7) is 7.38. The van der Waals surface area contributed by atoms with Crippen LogP contribution in [0.1, 0.15) is 45.4 Å². The van der Waals surface area contributed by atoms with Crippen LogP contribution in [-0.2, 0) is 0 Å². The normalized spacial score (nSPS) is 33.2. The molecular formula is C12H24N2. The molecule has 2 saturated heterocycles. The van der Waals surface area contributed by atoms with E-state index < -0.39 is 0 Å². The molecule has 2 rings (SSSR count). The maximum atomic E-state index is 3.58. The Morgan fingerprint density at radius 2 is 2.21 bits per heavy atom. The Bertz CT molecular complexity index is 181. The average Bonchev–Trinajstić information content (AvgIpc) is 2.62. The summed E-state index contributed by atoms with van der Waals surface area (Å²) < 4.78 is 0. The Kier molecular flexibility index (Phi) is 3.45. The first-order chi connectivity index (χ1) is 6.87. The highest BCUT2D eigenvalue weighted by Gasteiger charge is 2.41. The van der Waals surface area contributed by atoms with E-state index in [0.29, 0.717) is 5.54 Å². The maximum Gasteiger partial charge on any atom is 0.0334 e. The Hall–Kier alpha value is -0.0800. The number of piperazine rings is 1. The molecule has 0 aromatic carbocycles. The SMILES string of the molecule is CCCCCC12CCCN1CCNC2. The predicted octanol–water partition coefficient (Wildman–Crippen LogP) is 2.00. The zero-order valence-electron chi connectivity index (χ0n) is 9.52. The molecule has 14 heavy (non-hydrogen) atoms. The number of unbranched alkanes of at least 4 members (excludes halogenated alkanes) is 2. The smallest absolute Gasteiger partial charge is 0.0334 e. The van der Waals surface area contributed by atoms with Gasteiger partial charge in [-0.2, -0.15) is 0 Å². The molecule has 2 nitrogen and oxygen atoms in total. The topological polar surface area (TPSA) is 15.3 Å². The van der Waals surface area contributed by atoms with Gasteiger partial charge in [-0.25, -0.2) is 0 Å². The summed E-state index contributed by atoms with van der Waals surface area (Å²) in [6, 6.07) is 0. The molecule has 2 heteroatoms. The van der Waals surface area contributed by atoms with Crippen molar-refractivity contribution >= 4 is 0 Å². The molecule has 82 valence electrons. The molecule has 0 aromatic heterocycles. The standard InChI is InChI=1S/C12H24N2/c1-2-3-4-6-12-7-5-9-14(12)10-8-13-11-12/h13H,2-11H2,1H3. The summed E-state index contributed by atoms with van der Waals surface area (Å²) in [6.07, 6.45) is 8.47. The maximum absolute atomic E-state index is 3.58. The fraction of sp³-hybridized carbons (Fsp3) is 1.00. The second-order valence-electron chi connectivity index (χ2n) is 4.95. The fourth-order valence-corrected chi connectivity index (χ4v) is 3.15. The number of rotatable bonds is 4. The molecule has 2 heterocycles. The number of nitrogens with zero attached hydrogens (tertiary/aromatic N) is 1. The molecule has 0 aliphatic carbocycles. The molecule has 0 spiro atoms. The van der Waals surface area contributed by atoms with Crippen molar-refractivity contribution in [1.29, 1.82) is 0 Å². The Morgan fingerprint density at radius 3 is 3.07 bits per heavy atom. The van der Waals surface area contributed by atoms with Gasteiger partial charge in [-0.3, -0.25) is 4.90 Å². The van der Waals surface area contributed by atoms with Crippen molar-refractivity contribution in [2.24, 2.45) is 0 Å². The van der Waals surface area contributed by atoms with Crippen LogP contribution in [0.5, 0.6) is 0 Å².